The second kappa shape index (κ2) is 6.01. The van der Waals surface area contributed by atoms with Gasteiger partial charge in [-0.25, -0.2) is 0 Å². The van der Waals surface area contributed by atoms with E-state index >= 15 is 0 Å². The first-order valence-corrected chi connectivity index (χ1v) is 6.69. The summed E-state index contributed by atoms with van der Waals surface area (Å²) in [5.41, 5.74) is -0.936. The Morgan fingerprint density at radius 2 is 1.62 bits per heavy atom. The number of alkyl halides is 3. The molecule has 1 aromatic heterocycles. The fourth-order valence-corrected chi connectivity index (χ4v) is 2.82. The van der Waals surface area contributed by atoms with Gasteiger partial charge in [0.05, 0.1) is 27.9 Å². The minimum atomic E-state index is -4.60. The van der Waals surface area contributed by atoms with E-state index in [0.29, 0.717) is 11.2 Å². The Morgan fingerprint density at radius 1 is 1.05 bits per heavy atom. The van der Waals surface area contributed by atoms with Gasteiger partial charge < -0.3 is 5.11 Å². The summed E-state index contributed by atoms with van der Waals surface area (Å²) >= 11 is 17.8. The number of hydrogen-bond acceptors (Lipinski definition) is 2. The summed E-state index contributed by atoms with van der Waals surface area (Å²) in [4.78, 5) is 3.73. The third-order valence-corrected chi connectivity index (χ3v) is 3.54. The van der Waals surface area contributed by atoms with Gasteiger partial charge in [0.15, 0.2) is 0 Å². The minimum absolute atomic E-state index is 0.124. The highest BCUT2D eigenvalue weighted by molar-refractivity contribution is 6.41. The summed E-state index contributed by atoms with van der Waals surface area (Å²) in [5.74, 6) is 0. The first kappa shape index (κ1) is 16.4. The van der Waals surface area contributed by atoms with Gasteiger partial charge in [-0.2, -0.15) is 13.2 Å². The van der Waals surface area contributed by atoms with Crippen LogP contribution in [0.4, 0.5) is 13.2 Å². The molecule has 0 saturated heterocycles. The quantitative estimate of drug-likeness (QED) is 0.800. The first-order valence-electron chi connectivity index (χ1n) is 5.56. The average molecular weight is 357 g/mol. The van der Waals surface area contributed by atoms with Gasteiger partial charge in [0.2, 0.25) is 0 Å². The largest absolute Gasteiger partial charge is 0.418 e. The molecule has 0 amide bonds. The molecule has 0 unspecified atom stereocenters. The van der Waals surface area contributed by atoms with Crippen LogP contribution in [0.3, 0.4) is 0 Å². The summed E-state index contributed by atoms with van der Waals surface area (Å²) < 4.78 is 38.3. The zero-order valence-corrected chi connectivity index (χ0v) is 12.4. The number of halogens is 6. The van der Waals surface area contributed by atoms with Crippen molar-refractivity contribution < 1.29 is 18.3 Å². The van der Waals surface area contributed by atoms with Crippen molar-refractivity contribution in [1.82, 2.24) is 4.98 Å². The highest BCUT2D eigenvalue weighted by Crippen LogP contribution is 2.38. The minimum Gasteiger partial charge on any atom is -0.392 e. The van der Waals surface area contributed by atoms with Crippen LogP contribution in [0.2, 0.25) is 15.1 Å². The smallest absolute Gasteiger partial charge is 0.392 e. The maximum atomic E-state index is 12.8. The Balaban J connectivity index is 2.62. The van der Waals surface area contributed by atoms with E-state index in [-0.39, 0.29) is 26.9 Å². The van der Waals surface area contributed by atoms with E-state index in [1.54, 1.807) is 0 Å². The van der Waals surface area contributed by atoms with E-state index in [1.807, 2.05) is 0 Å². The maximum Gasteiger partial charge on any atom is 0.418 e. The summed E-state index contributed by atoms with van der Waals surface area (Å²) in [6, 6.07) is 3.91. The average Bonchev–Trinajstić information content (AvgIpc) is 2.36. The molecule has 2 nitrogen and oxygen atoms in total. The molecule has 0 aliphatic rings. The highest BCUT2D eigenvalue weighted by atomic mass is 35.5. The van der Waals surface area contributed by atoms with Crippen molar-refractivity contribution in [2.75, 3.05) is 0 Å². The number of hydrogen-bond donors (Lipinski definition) is 1. The van der Waals surface area contributed by atoms with Crippen molar-refractivity contribution in [3.8, 4) is 11.3 Å². The van der Waals surface area contributed by atoms with Crippen LogP contribution in [-0.2, 0) is 12.8 Å². The summed E-state index contributed by atoms with van der Waals surface area (Å²) in [5, 5.41) is 9.73. The van der Waals surface area contributed by atoms with Gasteiger partial charge in [-0.05, 0) is 23.8 Å². The molecule has 1 aromatic carbocycles. The lowest BCUT2D eigenvalue weighted by atomic mass is 10.1. The number of aliphatic hydroxyl groups is 1. The molecule has 0 bridgehead atoms. The Labute approximate surface area is 133 Å². The van der Waals surface area contributed by atoms with Crippen LogP contribution >= 0.6 is 34.8 Å². The molecule has 0 fully saturated rings. The second-order valence-electron chi connectivity index (χ2n) is 4.13. The zero-order valence-electron chi connectivity index (χ0n) is 10.2. The third-order valence-electron chi connectivity index (χ3n) is 2.73. The number of aromatic nitrogens is 1. The summed E-state index contributed by atoms with van der Waals surface area (Å²) in [6.07, 6.45) is -3.96. The van der Waals surface area contributed by atoms with Crippen molar-refractivity contribution in [2.24, 2.45) is 0 Å². The maximum absolute atomic E-state index is 12.8. The van der Waals surface area contributed by atoms with Crippen LogP contribution in [0.15, 0.2) is 24.4 Å². The van der Waals surface area contributed by atoms with Crippen LogP contribution in [0.25, 0.3) is 11.3 Å². The van der Waals surface area contributed by atoms with Crippen LogP contribution in [0, 0.1) is 0 Å². The Hall–Kier alpha value is -1.01. The normalized spacial score (nSPS) is 11.8. The number of benzene rings is 1. The fraction of sp³-hybridized carbons (Fsp3) is 0.154. The van der Waals surface area contributed by atoms with Gasteiger partial charge in [-0.15, -0.1) is 0 Å². The second-order valence-corrected chi connectivity index (χ2v) is 5.38. The van der Waals surface area contributed by atoms with E-state index in [1.165, 1.54) is 12.1 Å². The van der Waals surface area contributed by atoms with Gasteiger partial charge >= 0.3 is 6.18 Å². The van der Waals surface area contributed by atoms with Crippen molar-refractivity contribution in [3.63, 3.8) is 0 Å². The molecule has 1 N–H and O–H groups in total. The van der Waals surface area contributed by atoms with Crippen molar-refractivity contribution >= 4 is 34.8 Å². The third kappa shape index (κ3) is 3.43. The molecule has 2 aromatic rings. The van der Waals surface area contributed by atoms with Gasteiger partial charge in [-0.1, -0.05) is 34.8 Å². The first-order chi connectivity index (χ1) is 9.74. The fourth-order valence-electron chi connectivity index (χ4n) is 1.81. The molecule has 0 radical (unpaired) electrons. The number of nitrogens with zero attached hydrogens (tertiary/aromatic N) is 1. The zero-order chi connectivity index (χ0) is 15.8. The lowest BCUT2D eigenvalue weighted by Gasteiger charge is -2.13. The lowest BCUT2D eigenvalue weighted by Crippen LogP contribution is -2.10. The highest BCUT2D eigenvalue weighted by Gasteiger charge is 2.34. The van der Waals surface area contributed by atoms with Crippen LogP contribution in [0.1, 0.15) is 11.1 Å². The number of rotatable bonds is 2. The monoisotopic (exact) mass is 355 g/mol. The van der Waals surface area contributed by atoms with Gasteiger partial charge in [0.25, 0.3) is 0 Å². The molecule has 21 heavy (non-hydrogen) atoms. The van der Waals surface area contributed by atoms with Crippen molar-refractivity contribution in [1.29, 1.82) is 0 Å². The molecule has 0 aliphatic carbocycles. The SMILES string of the molecule is OCc1cc(-c2c(Cl)cc(Cl)cc2Cl)ncc1C(F)(F)F. The molecule has 0 atom stereocenters. The van der Waals surface area contributed by atoms with Crippen LogP contribution < -0.4 is 0 Å². The molecular formula is C13H7Cl3F3NO. The standard InChI is InChI=1S/C13H7Cl3F3NO/c14-7-2-9(15)12(10(16)3-7)11-1-6(5-21)8(4-20-11)13(17,18)19/h1-4,21H,5H2. The van der Waals surface area contributed by atoms with Gasteiger partial charge in [-0.3, -0.25) is 4.98 Å². The van der Waals surface area contributed by atoms with Crippen molar-refractivity contribution in [2.45, 2.75) is 12.8 Å². The van der Waals surface area contributed by atoms with Gasteiger partial charge in [0.1, 0.15) is 0 Å². The van der Waals surface area contributed by atoms with E-state index < -0.39 is 18.3 Å². The molecule has 8 heteroatoms. The van der Waals surface area contributed by atoms with E-state index in [9.17, 15) is 13.2 Å². The van der Waals surface area contributed by atoms with E-state index in [4.69, 9.17) is 39.9 Å². The van der Waals surface area contributed by atoms with Crippen molar-refractivity contribution in [3.05, 3.63) is 50.6 Å². The van der Waals surface area contributed by atoms with Crippen LogP contribution in [-0.4, -0.2) is 10.1 Å². The van der Waals surface area contributed by atoms with E-state index in [2.05, 4.69) is 4.98 Å². The number of pyridine rings is 1. The Morgan fingerprint density at radius 3 is 2.10 bits per heavy atom. The molecule has 0 saturated carbocycles. The Kier molecular flexibility index (Phi) is 4.68. The topological polar surface area (TPSA) is 33.1 Å². The predicted octanol–water partition coefficient (Wildman–Crippen LogP) is 5.22. The molecule has 1 heterocycles. The molecule has 0 spiro atoms. The molecule has 2 rings (SSSR count). The predicted molar refractivity (Wildman–Crippen MR) is 75.6 cm³/mol. The van der Waals surface area contributed by atoms with E-state index in [0.717, 1.165) is 6.07 Å². The molecule has 0 aliphatic heterocycles. The van der Waals surface area contributed by atoms with Crippen LogP contribution in [0.5, 0.6) is 0 Å². The van der Waals surface area contributed by atoms with Gasteiger partial charge in [0, 0.05) is 16.8 Å². The Bertz CT molecular complexity index is 666. The molecular weight excluding hydrogens is 350 g/mol. The molecule has 112 valence electrons. The number of aliphatic hydroxyl groups excluding tert-OH is 1. The lowest BCUT2D eigenvalue weighted by molar-refractivity contribution is -0.138. The summed E-state index contributed by atoms with van der Waals surface area (Å²) in [6.45, 7) is -0.785. The summed E-state index contributed by atoms with van der Waals surface area (Å²) in [7, 11) is 0.